The Morgan fingerprint density at radius 2 is 2.22 bits per heavy atom. The van der Waals surface area contributed by atoms with E-state index in [-0.39, 0.29) is 11.7 Å². The van der Waals surface area contributed by atoms with Crippen molar-refractivity contribution in [2.24, 2.45) is 0 Å². The maximum Gasteiger partial charge on any atom is 0.221 e. The molecule has 0 atom stereocenters. The van der Waals surface area contributed by atoms with Gasteiger partial charge in [0.2, 0.25) is 5.91 Å². The molecule has 5 heteroatoms. The topological polar surface area (TPSA) is 41.1 Å². The van der Waals surface area contributed by atoms with E-state index in [9.17, 15) is 9.18 Å². The molecule has 0 bridgehead atoms. The first-order valence-corrected chi connectivity index (χ1v) is 6.88. The van der Waals surface area contributed by atoms with Crippen molar-refractivity contribution in [1.29, 1.82) is 0 Å². The highest BCUT2D eigenvalue weighted by Crippen LogP contribution is 2.18. The van der Waals surface area contributed by atoms with Crippen LogP contribution in [0, 0.1) is 5.82 Å². The Morgan fingerprint density at radius 3 is 2.94 bits per heavy atom. The van der Waals surface area contributed by atoms with Gasteiger partial charge in [-0.15, -0.1) is 0 Å². The van der Waals surface area contributed by atoms with E-state index < -0.39 is 0 Å². The molecule has 1 fully saturated rings. The van der Waals surface area contributed by atoms with E-state index >= 15 is 0 Å². The molecular formula is C13H16BrFN2O. The van der Waals surface area contributed by atoms with Crippen LogP contribution in [0.15, 0.2) is 22.7 Å². The predicted molar refractivity (Wildman–Crippen MR) is 71.6 cm³/mol. The number of hydrogen-bond donors (Lipinski definition) is 2. The standard InChI is InChI=1S/C13H16BrFN2O/c14-12-4-1-10(15)7-9(12)8-17-13(18)5-6-16-11-2-3-11/h1,4,7,11,16H,2-3,5-6,8H2,(H,17,18). The third-order valence-electron chi connectivity index (χ3n) is 2.85. The Labute approximate surface area is 114 Å². The fourth-order valence-corrected chi connectivity index (χ4v) is 2.03. The highest BCUT2D eigenvalue weighted by molar-refractivity contribution is 9.10. The molecule has 1 aliphatic carbocycles. The SMILES string of the molecule is O=C(CCNC1CC1)NCc1cc(F)ccc1Br. The molecule has 3 nitrogen and oxygen atoms in total. The number of nitrogens with one attached hydrogen (secondary N) is 2. The monoisotopic (exact) mass is 314 g/mol. The van der Waals surface area contributed by atoms with Gasteiger partial charge in [0.05, 0.1) is 0 Å². The zero-order valence-electron chi connectivity index (χ0n) is 10.0. The zero-order valence-corrected chi connectivity index (χ0v) is 11.6. The predicted octanol–water partition coefficient (Wildman–Crippen LogP) is 2.35. The fraction of sp³-hybridized carbons (Fsp3) is 0.462. The summed E-state index contributed by atoms with van der Waals surface area (Å²) in [6.07, 6.45) is 2.90. The smallest absolute Gasteiger partial charge is 0.221 e. The minimum Gasteiger partial charge on any atom is -0.352 e. The van der Waals surface area contributed by atoms with Gasteiger partial charge in [-0.1, -0.05) is 15.9 Å². The summed E-state index contributed by atoms with van der Waals surface area (Å²) in [4.78, 5) is 11.6. The molecule has 0 unspecified atom stereocenters. The Balaban J connectivity index is 1.72. The first kappa shape index (κ1) is 13.5. The summed E-state index contributed by atoms with van der Waals surface area (Å²) < 4.78 is 13.8. The Morgan fingerprint density at radius 1 is 1.44 bits per heavy atom. The lowest BCUT2D eigenvalue weighted by Gasteiger charge is -2.07. The molecule has 0 aliphatic heterocycles. The van der Waals surface area contributed by atoms with Crippen LogP contribution in [-0.4, -0.2) is 18.5 Å². The molecular weight excluding hydrogens is 299 g/mol. The van der Waals surface area contributed by atoms with Crippen LogP contribution in [0.25, 0.3) is 0 Å². The Hall–Kier alpha value is -0.940. The highest BCUT2D eigenvalue weighted by Gasteiger charge is 2.20. The first-order chi connectivity index (χ1) is 8.65. The van der Waals surface area contributed by atoms with Crippen molar-refractivity contribution < 1.29 is 9.18 Å². The van der Waals surface area contributed by atoms with Gasteiger partial charge in [0.1, 0.15) is 5.82 Å². The Bertz CT molecular complexity index is 435. The molecule has 0 heterocycles. The molecule has 1 saturated carbocycles. The number of benzene rings is 1. The summed E-state index contributed by atoms with van der Waals surface area (Å²) in [5.74, 6) is -0.308. The summed E-state index contributed by atoms with van der Waals surface area (Å²) in [5.41, 5.74) is 0.749. The molecule has 1 aliphatic rings. The molecule has 1 aromatic rings. The molecule has 0 saturated heterocycles. The van der Waals surface area contributed by atoms with Crippen molar-refractivity contribution >= 4 is 21.8 Å². The maximum atomic E-state index is 13.0. The number of carbonyl (C=O) groups is 1. The van der Waals surface area contributed by atoms with Gasteiger partial charge in [0.15, 0.2) is 0 Å². The summed E-state index contributed by atoms with van der Waals surface area (Å²) in [5, 5.41) is 6.06. The lowest BCUT2D eigenvalue weighted by atomic mass is 10.2. The van der Waals surface area contributed by atoms with Crippen LogP contribution in [-0.2, 0) is 11.3 Å². The number of carbonyl (C=O) groups excluding carboxylic acids is 1. The lowest BCUT2D eigenvalue weighted by Crippen LogP contribution is -2.28. The third-order valence-corrected chi connectivity index (χ3v) is 3.62. The molecule has 0 radical (unpaired) electrons. The van der Waals surface area contributed by atoms with E-state index in [4.69, 9.17) is 0 Å². The second-order valence-electron chi connectivity index (χ2n) is 4.49. The summed E-state index contributed by atoms with van der Waals surface area (Å²) in [7, 11) is 0. The van der Waals surface area contributed by atoms with Gasteiger partial charge in [-0.25, -0.2) is 4.39 Å². The summed E-state index contributed by atoms with van der Waals surface area (Å²) in [6, 6.07) is 5.07. The maximum absolute atomic E-state index is 13.0. The minimum atomic E-state index is -0.294. The van der Waals surface area contributed by atoms with Crippen LogP contribution in [0.4, 0.5) is 4.39 Å². The van der Waals surface area contributed by atoms with Crippen molar-refractivity contribution in [2.75, 3.05) is 6.54 Å². The fourth-order valence-electron chi connectivity index (χ4n) is 1.64. The number of hydrogen-bond acceptors (Lipinski definition) is 2. The van der Waals surface area contributed by atoms with Crippen LogP contribution in [0.5, 0.6) is 0 Å². The van der Waals surface area contributed by atoms with Crippen LogP contribution in [0.3, 0.4) is 0 Å². The van der Waals surface area contributed by atoms with Crippen molar-refractivity contribution in [3.8, 4) is 0 Å². The number of amides is 1. The van der Waals surface area contributed by atoms with Gasteiger partial charge in [0, 0.05) is 30.0 Å². The van der Waals surface area contributed by atoms with Crippen LogP contribution in [0.1, 0.15) is 24.8 Å². The second kappa shape index (κ2) is 6.29. The largest absolute Gasteiger partial charge is 0.352 e. The van der Waals surface area contributed by atoms with Crippen molar-refractivity contribution in [3.63, 3.8) is 0 Å². The van der Waals surface area contributed by atoms with E-state index in [1.54, 1.807) is 6.07 Å². The minimum absolute atomic E-state index is 0.0145. The van der Waals surface area contributed by atoms with E-state index in [1.807, 2.05) is 0 Å². The molecule has 2 rings (SSSR count). The highest BCUT2D eigenvalue weighted by atomic mass is 79.9. The van der Waals surface area contributed by atoms with Gasteiger partial charge in [-0.3, -0.25) is 4.79 Å². The Kier molecular flexibility index (Phi) is 4.72. The van der Waals surface area contributed by atoms with Crippen molar-refractivity contribution in [3.05, 3.63) is 34.1 Å². The molecule has 0 aromatic heterocycles. The van der Waals surface area contributed by atoms with E-state index in [2.05, 4.69) is 26.6 Å². The second-order valence-corrected chi connectivity index (χ2v) is 5.35. The molecule has 1 aromatic carbocycles. The molecule has 2 N–H and O–H groups in total. The van der Waals surface area contributed by atoms with Gasteiger partial charge in [-0.05, 0) is 36.6 Å². The van der Waals surface area contributed by atoms with Gasteiger partial charge < -0.3 is 10.6 Å². The van der Waals surface area contributed by atoms with E-state index in [0.717, 1.165) is 10.0 Å². The van der Waals surface area contributed by atoms with Crippen LogP contribution < -0.4 is 10.6 Å². The molecule has 98 valence electrons. The van der Waals surface area contributed by atoms with Crippen LogP contribution >= 0.6 is 15.9 Å². The normalized spacial score (nSPS) is 14.6. The number of halogens is 2. The lowest BCUT2D eigenvalue weighted by molar-refractivity contribution is -0.121. The van der Waals surface area contributed by atoms with Gasteiger partial charge in [-0.2, -0.15) is 0 Å². The molecule has 1 amide bonds. The van der Waals surface area contributed by atoms with E-state index in [1.165, 1.54) is 25.0 Å². The van der Waals surface area contributed by atoms with Crippen molar-refractivity contribution in [2.45, 2.75) is 31.8 Å². The third kappa shape index (κ3) is 4.38. The molecule has 0 spiro atoms. The van der Waals surface area contributed by atoms with E-state index in [0.29, 0.717) is 25.6 Å². The average molecular weight is 315 g/mol. The zero-order chi connectivity index (χ0) is 13.0. The van der Waals surface area contributed by atoms with Crippen LogP contribution in [0.2, 0.25) is 0 Å². The van der Waals surface area contributed by atoms with Gasteiger partial charge in [0.25, 0.3) is 0 Å². The van der Waals surface area contributed by atoms with Gasteiger partial charge >= 0.3 is 0 Å². The van der Waals surface area contributed by atoms with Crippen molar-refractivity contribution in [1.82, 2.24) is 10.6 Å². The average Bonchev–Trinajstić information content (AvgIpc) is 3.14. The summed E-state index contributed by atoms with van der Waals surface area (Å²) >= 11 is 3.33. The first-order valence-electron chi connectivity index (χ1n) is 6.09. The number of rotatable bonds is 6. The molecule has 18 heavy (non-hydrogen) atoms. The quantitative estimate of drug-likeness (QED) is 0.846. The summed E-state index contributed by atoms with van der Waals surface area (Å²) in [6.45, 7) is 1.06.